The molecule has 0 aliphatic heterocycles. The SMILES string of the molecule is CCCCCc1ccc(CCC2CCC(CCC)CC2)cc1. The molecule has 0 bridgehead atoms. The highest BCUT2D eigenvalue weighted by atomic mass is 14.3. The first kappa shape index (κ1) is 17.6. The van der Waals surface area contributed by atoms with Gasteiger partial charge in [0.1, 0.15) is 0 Å². The number of rotatable bonds is 9. The van der Waals surface area contributed by atoms with Gasteiger partial charge in [-0.1, -0.05) is 89.5 Å². The van der Waals surface area contributed by atoms with Crippen molar-refractivity contribution in [1.29, 1.82) is 0 Å². The highest BCUT2D eigenvalue weighted by molar-refractivity contribution is 5.22. The number of benzene rings is 1. The average molecular weight is 301 g/mol. The molecule has 0 radical (unpaired) electrons. The maximum Gasteiger partial charge on any atom is -0.0276 e. The fourth-order valence-electron chi connectivity index (χ4n) is 4.04. The molecule has 1 aliphatic carbocycles. The van der Waals surface area contributed by atoms with Gasteiger partial charge in [0.2, 0.25) is 0 Å². The lowest BCUT2D eigenvalue weighted by Crippen LogP contribution is -2.15. The van der Waals surface area contributed by atoms with Crippen molar-refractivity contribution in [3.63, 3.8) is 0 Å². The van der Waals surface area contributed by atoms with Crippen LogP contribution in [0.5, 0.6) is 0 Å². The topological polar surface area (TPSA) is 0 Å². The normalized spacial score (nSPS) is 21.9. The molecule has 1 fully saturated rings. The summed E-state index contributed by atoms with van der Waals surface area (Å²) in [4.78, 5) is 0. The van der Waals surface area contributed by atoms with E-state index in [1.54, 1.807) is 5.56 Å². The molecule has 0 atom stereocenters. The van der Waals surface area contributed by atoms with Gasteiger partial charge in [0, 0.05) is 0 Å². The van der Waals surface area contributed by atoms with Crippen LogP contribution in [0, 0.1) is 11.8 Å². The quantitative estimate of drug-likeness (QED) is 0.432. The Labute approximate surface area is 138 Å². The predicted molar refractivity (Wildman–Crippen MR) is 98.3 cm³/mol. The highest BCUT2D eigenvalue weighted by Gasteiger charge is 2.20. The van der Waals surface area contributed by atoms with E-state index in [-0.39, 0.29) is 0 Å². The van der Waals surface area contributed by atoms with E-state index in [4.69, 9.17) is 0 Å². The second-order valence-corrected chi connectivity index (χ2v) is 7.49. The Morgan fingerprint density at radius 1 is 0.682 bits per heavy atom. The van der Waals surface area contributed by atoms with Crippen molar-refractivity contribution >= 4 is 0 Å². The molecule has 1 aromatic carbocycles. The Hall–Kier alpha value is -0.780. The minimum Gasteiger partial charge on any atom is -0.0654 e. The van der Waals surface area contributed by atoms with Crippen molar-refractivity contribution in [2.24, 2.45) is 11.8 Å². The molecule has 0 saturated heterocycles. The summed E-state index contributed by atoms with van der Waals surface area (Å²) in [5, 5.41) is 0. The van der Waals surface area contributed by atoms with E-state index in [0.717, 1.165) is 11.8 Å². The number of hydrogen-bond acceptors (Lipinski definition) is 0. The lowest BCUT2D eigenvalue weighted by atomic mass is 9.78. The fraction of sp³-hybridized carbons (Fsp3) is 0.727. The van der Waals surface area contributed by atoms with Crippen LogP contribution in [0.3, 0.4) is 0 Å². The number of unbranched alkanes of at least 4 members (excludes halogenated alkanes) is 2. The van der Waals surface area contributed by atoms with E-state index in [1.165, 1.54) is 82.6 Å². The van der Waals surface area contributed by atoms with Crippen LogP contribution < -0.4 is 0 Å². The standard InChI is InChI=1S/C22H36/c1-3-5-6-8-20-11-15-22(16-12-20)18-17-21-13-9-19(7-4-2)10-14-21/h11-12,15-16,19,21H,3-10,13-14,17-18H2,1-2H3. The molecule has 0 nitrogen and oxygen atoms in total. The first-order valence-electron chi connectivity index (χ1n) is 9.89. The third kappa shape index (κ3) is 6.15. The van der Waals surface area contributed by atoms with Gasteiger partial charge in [-0.2, -0.15) is 0 Å². The van der Waals surface area contributed by atoms with E-state index >= 15 is 0 Å². The summed E-state index contributed by atoms with van der Waals surface area (Å²) in [5.41, 5.74) is 3.08. The molecule has 0 amide bonds. The van der Waals surface area contributed by atoms with Crippen molar-refractivity contribution in [2.75, 3.05) is 0 Å². The van der Waals surface area contributed by atoms with Crippen LogP contribution in [-0.2, 0) is 12.8 Å². The van der Waals surface area contributed by atoms with Crippen molar-refractivity contribution < 1.29 is 0 Å². The maximum absolute atomic E-state index is 2.38. The Kier molecular flexibility index (Phi) is 8.05. The fourth-order valence-corrected chi connectivity index (χ4v) is 4.04. The molecule has 1 aromatic rings. The van der Waals surface area contributed by atoms with Gasteiger partial charge in [-0.25, -0.2) is 0 Å². The smallest absolute Gasteiger partial charge is 0.0276 e. The third-order valence-corrected chi connectivity index (χ3v) is 5.60. The van der Waals surface area contributed by atoms with Crippen LogP contribution in [0.1, 0.15) is 89.2 Å². The Morgan fingerprint density at radius 2 is 1.23 bits per heavy atom. The van der Waals surface area contributed by atoms with Crippen LogP contribution >= 0.6 is 0 Å². The minimum atomic E-state index is 0.998. The van der Waals surface area contributed by atoms with Gasteiger partial charge in [0.15, 0.2) is 0 Å². The monoisotopic (exact) mass is 300 g/mol. The summed E-state index contributed by atoms with van der Waals surface area (Å²) in [6, 6.07) is 9.49. The predicted octanol–water partition coefficient (Wildman–Crippen LogP) is 6.96. The molecule has 1 saturated carbocycles. The second-order valence-electron chi connectivity index (χ2n) is 7.49. The highest BCUT2D eigenvalue weighted by Crippen LogP contribution is 2.33. The molecule has 0 heterocycles. The first-order chi connectivity index (χ1) is 10.8. The zero-order valence-electron chi connectivity index (χ0n) is 14.9. The minimum absolute atomic E-state index is 0.998. The van der Waals surface area contributed by atoms with Crippen molar-refractivity contribution in [3.05, 3.63) is 35.4 Å². The molecule has 2 rings (SSSR count). The van der Waals surface area contributed by atoms with Crippen LogP contribution in [0.4, 0.5) is 0 Å². The molecular formula is C22H36. The molecule has 1 aliphatic rings. The summed E-state index contributed by atoms with van der Waals surface area (Å²) in [6.45, 7) is 4.61. The maximum atomic E-state index is 2.38. The van der Waals surface area contributed by atoms with Crippen molar-refractivity contribution in [3.8, 4) is 0 Å². The molecule has 0 N–H and O–H groups in total. The summed E-state index contributed by atoms with van der Waals surface area (Å²) in [5.74, 6) is 2.04. The summed E-state index contributed by atoms with van der Waals surface area (Å²) in [6.07, 6.45) is 16.8. The van der Waals surface area contributed by atoms with Crippen LogP contribution in [-0.4, -0.2) is 0 Å². The zero-order chi connectivity index (χ0) is 15.6. The van der Waals surface area contributed by atoms with Gasteiger partial charge >= 0.3 is 0 Å². The van der Waals surface area contributed by atoms with Crippen LogP contribution in [0.25, 0.3) is 0 Å². The molecule has 0 spiro atoms. The molecule has 0 aromatic heterocycles. The van der Waals surface area contributed by atoms with Gasteiger partial charge in [-0.15, -0.1) is 0 Å². The molecule has 124 valence electrons. The average Bonchev–Trinajstić information content (AvgIpc) is 2.56. The van der Waals surface area contributed by atoms with Gasteiger partial charge in [-0.3, -0.25) is 0 Å². The Morgan fingerprint density at radius 3 is 1.77 bits per heavy atom. The first-order valence-corrected chi connectivity index (χ1v) is 9.89. The van der Waals surface area contributed by atoms with Gasteiger partial charge in [0.05, 0.1) is 0 Å². The van der Waals surface area contributed by atoms with Gasteiger partial charge in [0.25, 0.3) is 0 Å². The molecule has 22 heavy (non-hydrogen) atoms. The second kappa shape index (κ2) is 10.1. The molecule has 0 heteroatoms. The van der Waals surface area contributed by atoms with Crippen molar-refractivity contribution in [1.82, 2.24) is 0 Å². The van der Waals surface area contributed by atoms with Crippen molar-refractivity contribution in [2.45, 2.75) is 90.9 Å². The van der Waals surface area contributed by atoms with Gasteiger partial charge in [-0.05, 0) is 48.6 Å². The lowest BCUT2D eigenvalue weighted by molar-refractivity contribution is 0.252. The van der Waals surface area contributed by atoms with E-state index in [1.807, 2.05) is 0 Å². The molecular weight excluding hydrogens is 264 g/mol. The summed E-state index contributed by atoms with van der Waals surface area (Å²) < 4.78 is 0. The van der Waals surface area contributed by atoms with E-state index in [9.17, 15) is 0 Å². The largest absolute Gasteiger partial charge is 0.0654 e. The summed E-state index contributed by atoms with van der Waals surface area (Å²) in [7, 11) is 0. The number of hydrogen-bond donors (Lipinski definition) is 0. The lowest BCUT2D eigenvalue weighted by Gasteiger charge is -2.28. The van der Waals surface area contributed by atoms with Crippen LogP contribution in [0.2, 0.25) is 0 Å². The van der Waals surface area contributed by atoms with Gasteiger partial charge < -0.3 is 0 Å². The van der Waals surface area contributed by atoms with E-state index < -0.39 is 0 Å². The zero-order valence-corrected chi connectivity index (χ0v) is 14.9. The number of aryl methyl sites for hydroxylation is 2. The van der Waals surface area contributed by atoms with E-state index in [0.29, 0.717) is 0 Å². The third-order valence-electron chi connectivity index (χ3n) is 5.60. The van der Waals surface area contributed by atoms with E-state index in [2.05, 4.69) is 38.1 Å². The Bertz CT molecular complexity index is 381. The summed E-state index contributed by atoms with van der Waals surface area (Å²) >= 11 is 0. The Balaban J connectivity index is 1.66. The molecule has 0 unspecified atom stereocenters. The van der Waals surface area contributed by atoms with Crippen LogP contribution in [0.15, 0.2) is 24.3 Å².